The summed E-state index contributed by atoms with van der Waals surface area (Å²) in [6.45, 7) is 0. The van der Waals surface area contributed by atoms with Crippen LogP contribution in [0.5, 0.6) is 0 Å². The quantitative estimate of drug-likeness (QED) is 0.145. The molecule has 0 heterocycles. The Labute approximate surface area is 227 Å². The molecule has 0 saturated heterocycles. The fourth-order valence-corrected chi connectivity index (χ4v) is 2.94. The van der Waals surface area contributed by atoms with Gasteiger partial charge < -0.3 is 0 Å². The van der Waals surface area contributed by atoms with Crippen molar-refractivity contribution in [2.75, 3.05) is 0 Å². The minimum atomic E-state index is -9.56. The minimum absolute atomic E-state index is 1.92. The molecule has 0 aliphatic rings. The van der Waals surface area contributed by atoms with Crippen LogP contribution in [0.4, 0.5) is 127 Å². The molecule has 0 nitrogen and oxygen atoms in total. The molecule has 0 spiro atoms. The summed E-state index contributed by atoms with van der Waals surface area (Å²) in [5.74, 6) is -102. The van der Waals surface area contributed by atoms with Gasteiger partial charge in [-0.3, -0.25) is 0 Å². The number of hydrogen-bond acceptors (Lipinski definition) is 0. The van der Waals surface area contributed by atoms with Crippen LogP contribution in [0.1, 0.15) is 0 Å². The second kappa shape index (κ2) is 10.0. The van der Waals surface area contributed by atoms with E-state index in [1.807, 2.05) is 0 Å². The molecule has 44 heavy (non-hydrogen) atoms. The molecule has 0 bridgehead atoms. The Balaban J connectivity index is 7.52. The molecule has 0 fully saturated rings. The first-order valence-electron chi connectivity index (χ1n) is 8.95. The van der Waals surface area contributed by atoms with Gasteiger partial charge in [-0.15, -0.1) is 0 Å². The van der Waals surface area contributed by atoms with Crippen molar-refractivity contribution in [2.24, 2.45) is 0 Å². The van der Waals surface area contributed by atoms with Crippen molar-refractivity contribution in [3.8, 4) is 0 Å². The normalized spacial score (nSPS) is 18.4. The van der Waals surface area contributed by atoms with Crippen LogP contribution in [0.3, 0.4) is 0 Å². The summed E-state index contributed by atoms with van der Waals surface area (Å²) in [5, 5.41) is 0. The van der Waals surface area contributed by atoms with Crippen molar-refractivity contribution in [3.05, 3.63) is 0 Å². The fraction of sp³-hybridized carbons (Fsp3) is 1.00. The summed E-state index contributed by atoms with van der Waals surface area (Å²) >= 11 is -1.92. The molecule has 0 aromatic heterocycles. The molecule has 0 aromatic rings. The van der Waals surface area contributed by atoms with E-state index in [-0.39, 0.29) is 0 Å². The molecule has 1 unspecified atom stereocenters. The molecule has 0 amide bonds. The summed E-state index contributed by atoms with van der Waals surface area (Å²) in [6.07, 6.45) is -16.4. The van der Waals surface area contributed by atoms with Crippen LogP contribution < -0.4 is 0 Å². The van der Waals surface area contributed by atoms with Gasteiger partial charge in [0.2, 0.25) is 0 Å². The molecule has 0 aliphatic carbocycles. The Kier molecular flexibility index (Phi) is 9.68. The number of alkyl halides is 29. The molecule has 0 rings (SSSR count). The van der Waals surface area contributed by atoms with E-state index in [1.54, 1.807) is 0 Å². The zero-order valence-corrected chi connectivity index (χ0v) is 20.3. The molecule has 1 atom stereocenters. The summed E-state index contributed by atoms with van der Waals surface area (Å²) in [6, 6.07) is 0. The Morgan fingerprint density at radius 3 is 0.432 bits per heavy atom. The van der Waals surface area contributed by atoms with E-state index >= 15 is 0 Å². The van der Waals surface area contributed by atoms with Crippen LogP contribution in [0.15, 0.2) is 0 Å². The SMILES string of the molecule is FC(F)(F)C(F)(F)C(F)(F)C(F)(F)C(F)(F)C(F)(F)C(F)(F)C(F)([As+])C(F)(F)C(F)(F)C(F)(F)C(F)(F)C(F)(F)C(F)(F)F. The zero-order chi connectivity index (χ0) is 37.0. The molecular weight excluding hydrogens is 794 g/mol. The van der Waals surface area contributed by atoms with Gasteiger partial charge in [-0.1, -0.05) is 0 Å². The van der Waals surface area contributed by atoms with E-state index in [0.29, 0.717) is 0 Å². The van der Waals surface area contributed by atoms with Gasteiger partial charge in [0.05, 0.1) is 0 Å². The van der Waals surface area contributed by atoms with Crippen molar-refractivity contribution < 1.29 is 127 Å². The van der Waals surface area contributed by atoms with Gasteiger partial charge in [-0.05, 0) is 0 Å². The Morgan fingerprint density at radius 2 is 0.295 bits per heavy atom. The first kappa shape index (κ1) is 42.5. The van der Waals surface area contributed by atoms with Crippen LogP contribution in [-0.2, 0) is 0 Å². The second-order valence-electron chi connectivity index (χ2n) is 7.94. The summed E-state index contributed by atoms with van der Waals surface area (Å²) in [7, 11) is 0. The third kappa shape index (κ3) is 4.74. The van der Waals surface area contributed by atoms with Gasteiger partial charge in [0.25, 0.3) is 0 Å². The summed E-state index contributed by atoms with van der Waals surface area (Å²) in [4.78, 5) is 0. The fourth-order valence-electron chi connectivity index (χ4n) is 2.35. The van der Waals surface area contributed by atoms with E-state index in [0.717, 1.165) is 0 Å². The van der Waals surface area contributed by atoms with Crippen molar-refractivity contribution in [1.82, 2.24) is 0 Å². The Morgan fingerprint density at radius 1 is 0.182 bits per heavy atom. The average molecular weight is 794 g/mol. The predicted octanol–water partition coefficient (Wildman–Crippen LogP) is 8.93. The van der Waals surface area contributed by atoms with Crippen molar-refractivity contribution in [1.29, 1.82) is 0 Å². The van der Waals surface area contributed by atoms with Gasteiger partial charge in [-0.25, -0.2) is 0 Å². The topological polar surface area (TPSA) is 0 Å². The Bertz CT molecular complexity index is 969. The first-order chi connectivity index (χ1) is 18.2. The van der Waals surface area contributed by atoms with Gasteiger partial charge in [0, 0.05) is 0 Å². The van der Waals surface area contributed by atoms with Crippen molar-refractivity contribution in [2.45, 2.75) is 82.0 Å². The van der Waals surface area contributed by atoms with Crippen LogP contribution in [0.2, 0.25) is 0 Å². The summed E-state index contributed by atoms with van der Waals surface area (Å²) in [5.41, 5.74) is 0. The van der Waals surface area contributed by atoms with E-state index in [9.17, 15) is 127 Å². The van der Waals surface area contributed by atoms with Crippen LogP contribution in [-0.4, -0.2) is 98.8 Å². The third-order valence-corrected chi connectivity index (χ3v) is 6.27. The molecule has 0 aliphatic heterocycles. The molecule has 0 N–H and O–H groups in total. The van der Waals surface area contributed by atoms with Gasteiger partial charge in [-0.2, -0.15) is 0 Å². The molecule has 0 saturated carbocycles. The molecule has 3 radical (unpaired) electrons. The van der Waals surface area contributed by atoms with E-state index < -0.39 is 98.8 Å². The maximum atomic E-state index is 14.2. The van der Waals surface area contributed by atoms with Crippen molar-refractivity contribution >= 4 is 16.9 Å². The summed E-state index contributed by atoms with van der Waals surface area (Å²) < 4.78 is 372. The number of halogens is 29. The first-order valence-corrected chi connectivity index (χ1v) is 9.89. The van der Waals surface area contributed by atoms with E-state index in [2.05, 4.69) is 0 Å². The van der Waals surface area contributed by atoms with Crippen LogP contribution in [0, 0.1) is 0 Å². The van der Waals surface area contributed by atoms with Gasteiger partial charge in [0.1, 0.15) is 0 Å². The average Bonchev–Trinajstić information content (AvgIpc) is 2.75. The second-order valence-corrected chi connectivity index (χ2v) is 9.23. The van der Waals surface area contributed by atoms with Gasteiger partial charge >= 0.3 is 226 Å². The standard InChI is InChI=1S/C14AsF29/c15-1(16,3(19,20)5(23,24)7(27,28)9(31,32)11(35,36)13(39,40)41)2(17,18)4(21,22)6(25,26)8(29,30)10(33,34)12(37,38)14(42,43)44/q+1. The maximum absolute atomic E-state index is 14.2. The van der Waals surface area contributed by atoms with E-state index in [1.165, 1.54) is 0 Å². The van der Waals surface area contributed by atoms with Crippen LogP contribution in [0.25, 0.3) is 0 Å². The molecule has 0 aromatic carbocycles. The molecule has 263 valence electrons. The van der Waals surface area contributed by atoms with Crippen LogP contribution >= 0.6 is 0 Å². The molecule has 30 heteroatoms. The number of hydrogen-bond donors (Lipinski definition) is 0. The van der Waals surface area contributed by atoms with E-state index in [4.69, 9.17) is 0 Å². The molecular formula is C14AsF29+. The third-order valence-electron chi connectivity index (χ3n) is 5.09. The van der Waals surface area contributed by atoms with Crippen molar-refractivity contribution in [3.63, 3.8) is 0 Å². The zero-order valence-electron chi connectivity index (χ0n) is 18.4. The predicted molar refractivity (Wildman–Crippen MR) is 76.1 cm³/mol. The Hall–Kier alpha value is -1.47. The number of rotatable bonds is 11. The monoisotopic (exact) mass is 794 g/mol. The van der Waals surface area contributed by atoms with Gasteiger partial charge in [0.15, 0.2) is 0 Å².